The smallest absolute Gasteiger partial charge is 0.312 e. The summed E-state index contributed by atoms with van der Waals surface area (Å²) in [5, 5.41) is 21.5. The molecule has 2 N–H and O–H groups in total. The number of carbonyl (C=O) groups excluding carboxylic acids is 1. The number of hydrogen-bond acceptors (Lipinski definition) is 4. The summed E-state index contributed by atoms with van der Waals surface area (Å²) in [6.07, 6.45) is -0.732. The fraction of sp³-hybridized carbons (Fsp3) is 0.273. The zero-order valence-corrected chi connectivity index (χ0v) is 9.89. The molecule has 0 saturated heterocycles. The van der Waals surface area contributed by atoms with E-state index < -0.39 is 23.2 Å². The zero-order chi connectivity index (χ0) is 13.9. The predicted molar refractivity (Wildman–Crippen MR) is 63.5 cm³/mol. The van der Waals surface area contributed by atoms with Gasteiger partial charge >= 0.3 is 5.97 Å². The lowest BCUT2D eigenvalue weighted by Crippen LogP contribution is -2.17. The third-order valence-electron chi connectivity index (χ3n) is 2.39. The van der Waals surface area contributed by atoms with E-state index in [0.717, 1.165) is 11.1 Å². The van der Waals surface area contributed by atoms with Crippen molar-refractivity contribution in [2.24, 2.45) is 0 Å². The predicted octanol–water partition coefficient (Wildman–Crippen LogP) is 1.62. The molecule has 0 aromatic heterocycles. The Morgan fingerprint density at radius 1 is 1.33 bits per heavy atom. The Hall–Kier alpha value is -2.44. The molecular weight excluding hydrogens is 240 g/mol. The molecule has 7 heteroatoms. The standard InChI is InChI=1S/C11H12N2O5/c1-6-3-8(12-10(14)5-11(15)16)9(13(17)18)4-7(6)2/h3-4H,5H2,1-2H3,(H,12,14)(H,15,16). The Balaban J connectivity index is 3.07. The molecule has 7 nitrogen and oxygen atoms in total. The van der Waals surface area contributed by atoms with Gasteiger partial charge in [0.15, 0.2) is 0 Å². The SMILES string of the molecule is Cc1cc(NC(=O)CC(=O)O)c([N+](=O)[O-])cc1C. The van der Waals surface area contributed by atoms with Crippen molar-refractivity contribution in [3.8, 4) is 0 Å². The van der Waals surface area contributed by atoms with Crippen LogP contribution in [-0.4, -0.2) is 21.9 Å². The zero-order valence-electron chi connectivity index (χ0n) is 9.89. The minimum atomic E-state index is -1.29. The van der Waals surface area contributed by atoms with Gasteiger partial charge in [-0.15, -0.1) is 0 Å². The van der Waals surface area contributed by atoms with E-state index in [4.69, 9.17) is 5.11 Å². The van der Waals surface area contributed by atoms with Crippen molar-refractivity contribution in [1.29, 1.82) is 0 Å². The molecular formula is C11H12N2O5. The van der Waals surface area contributed by atoms with Crippen LogP contribution >= 0.6 is 0 Å². The number of amides is 1. The van der Waals surface area contributed by atoms with Crippen molar-refractivity contribution in [3.63, 3.8) is 0 Å². The van der Waals surface area contributed by atoms with Gasteiger partial charge in [-0.25, -0.2) is 0 Å². The Bertz CT molecular complexity index is 524. The van der Waals surface area contributed by atoms with E-state index in [1.54, 1.807) is 13.8 Å². The molecule has 18 heavy (non-hydrogen) atoms. The summed E-state index contributed by atoms with van der Waals surface area (Å²) in [4.78, 5) is 31.8. The third kappa shape index (κ3) is 3.27. The van der Waals surface area contributed by atoms with E-state index in [2.05, 4.69) is 5.32 Å². The molecule has 0 aliphatic rings. The number of rotatable bonds is 4. The molecule has 0 heterocycles. The summed E-state index contributed by atoms with van der Waals surface area (Å²) in [5.74, 6) is -2.09. The molecule has 0 spiro atoms. The first-order valence-electron chi connectivity index (χ1n) is 5.08. The first kappa shape index (κ1) is 13.6. The van der Waals surface area contributed by atoms with E-state index in [0.29, 0.717) is 0 Å². The Kier molecular flexibility index (Phi) is 3.98. The largest absolute Gasteiger partial charge is 0.481 e. The number of hydrogen-bond donors (Lipinski definition) is 2. The molecule has 1 aromatic rings. The highest BCUT2D eigenvalue weighted by Crippen LogP contribution is 2.27. The van der Waals surface area contributed by atoms with Gasteiger partial charge in [0.25, 0.3) is 5.69 Å². The van der Waals surface area contributed by atoms with Crippen LogP contribution in [0.15, 0.2) is 12.1 Å². The molecule has 96 valence electrons. The highest BCUT2D eigenvalue weighted by Gasteiger charge is 2.18. The molecule has 0 aliphatic heterocycles. The van der Waals surface area contributed by atoms with Crippen molar-refractivity contribution >= 4 is 23.3 Å². The summed E-state index contributed by atoms with van der Waals surface area (Å²) < 4.78 is 0. The lowest BCUT2D eigenvalue weighted by atomic mass is 10.1. The molecule has 0 unspecified atom stereocenters. The molecule has 0 bridgehead atoms. The molecule has 0 saturated carbocycles. The first-order chi connectivity index (χ1) is 8.31. The number of nitrogens with zero attached hydrogens (tertiary/aromatic N) is 1. The third-order valence-corrected chi connectivity index (χ3v) is 2.39. The van der Waals surface area contributed by atoms with Gasteiger partial charge in [0.05, 0.1) is 4.92 Å². The number of nitro groups is 1. The Labute approximate surface area is 103 Å². The highest BCUT2D eigenvalue weighted by molar-refractivity contribution is 6.02. The topological polar surface area (TPSA) is 110 Å². The van der Waals surface area contributed by atoms with Crippen molar-refractivity contribution in [2.75, 3.05) is 5.32 Å². The Morgan fingerprint density at radius 2 is 1.89 bits per heavy atom. The van der Waals surface area contributed by atoms with Crippen molar-refractivity contribution in [1.82, 2.24) is 0 Å². The second kappa shape index (κ2) is 5.26. The maximum Gasteiger partial charge on any atom is 0.312 e. The van der Waals surface area contributed by atoms with Gasteiger partial charge in [-0.2, -0.15) is 0 Å². The number of anilines is 1. The molecule has 0 radical (unpaired) electrons. The molecule has 0 fully saturated rings. The first-order valence-corrected chi connectivity index (χ1v) is 5.08. The number of benzene rings is 1. The van der Waals surface area contributed by atoms with E-state index in [-0.39, 0.29) is 11.4 Å². The number of carbonyl (C=O) groups is 2. The molecule has 0 aliphatic carbocycles. The summed E-state index contributed by atoms with van der Waals surface area (Å²) in [7, 11) is 0. The van der Waals surface area contributed by atoms with Gasteiger partial charge in [-0.1, -0.05) is 0 Å². The summed E-state index contributed by atoms with van der Waals surface area (Å²) in [5.41, 5.74) is 1.25. The van der Waals surface area contributed by atoms with Crippen LogP contribution in [0.5, 0.6) is 0 Å². The van der Waals surface area contributed by atoms with Gasteiger partial charge < -0.3 is 10.4 Å². The number of nitro benzene ring substituents is 1. The molecule has 1 aromatic carbocycles. The van der Waals surface area contributed by atoms with Gasteiger partial charge in [0, 0.05) is 6.07 Å². The van der Waals surface area contributed by atoms with E-state index in [1.165, 1.54) is 12.1 Å². The van der Waals surface area contributed by atoms with E-state index in [1.807, 2.05) is 0 Å². The second-order valence-electron chi connectivity index (χ2n) is 3.83. The summed E-state index contributed by atoms with van der Waals surface area (Å²) in [6, 6.07) is 2.79. The van der Waals surface area contributed by atoms with E-state index >= 15 is 0 Å². The lowest BCUT2D eigenvalue weighted by molar-refractivity contribution is -0.384. The van der Waals surface area contributed by atoms with Crippen LogP contribution in [0, 0.1) is 24.0 Å². The highest BCUT2D eigenvalue weighted by atomic mass is 16.6. The number of carboxylic acids is 1. The molecule has 1 amide bonds. The number of nitrogens with one attached hydrogen (secondary N) is 1. The van der Waals surface area contributed by atoms with Gasteiger partial charge in [-0.05, 0) is 31.0 Å². The van der Waals surface area contributed by atoms with Crippen LogP contribution in [0.1, 0.15) is 17.5 Å². The average Bonchev–Trinajstić information content (AvgIpc) is 2.21. The van der Waals surface area contributed by atoms with Crippen LogP contribution < -0.4 is 5.32 Å². The fourth-order valence-corrected chi connectivity index (χ4v) is 1.38. The summed E-state index contributed by atoms with van der Waals surface area (Å²) >= 11 is 0. The monoisotopic (exact) mass is 252 g/mol. The maximum atomic E-state index is 11.3. The van der Waals surface area contributed by atoms with Crippen LogP contribution in [0.3, 0.4) is 0 Å². The van der Waals surface area contributed by atoms with Crippen LogP contribution in [0.25, 0.3) is 0 Å². The molecule has 0 atom stereocenters. The van der Waals surface area contributed by atoms with Gasteiger partial charge in [0.2, 0.25) is 5.91 Å². The fourth-order valence-electron chi connectivity index (χ4n) is 1.38. The summed E-state index contributed by atoms with van der Waals surface area (Å²) in [6.45, 7) is 3.46. The normalized spacial score (nSPS) is 9.89. The quantitative estimate of drug-likeness (QED) is 0.480. The molecule has 1 rings (SSSR count). The number of aryl methyl sites for hydroxylation is 2. The van der Waals surface area contributed by atoms with Crippen molar-refractivity contribution in [3.05, 3.63) is 33.4 Å². The van der Waals surface area contributed by atoms with Gasteiger partial charge in [0.1, 0.15) is 12.1 Å². The van der Waals surface area contributed by atoms with Crippen molar-refractivity contribution in [2.45, 2.75) is 20.3 Å². The van der Waals surface area contributed by atoms with Crippen LogP contribution in [0.4, 0.5) is 11.4 Å². The minimum Gasteiger partial charge on any atom is -0.481 e. The van der Waals surface area contributed by atoms with Gasteiger partial charge in [-0.3, -0.25) is 19.7 Å². The van der Waals surface area contributed by atoms with Crippen molar-refractivity contribution < 1.29 is 19.6 Å². The Morgan fingerprint density at radius 3 is 2.39 bits per heavy atom. The minimum absolute atomic E-state index is 0.00866. The average molecular weight is 252 g/mol. The van der Waals surface area contributed by atoms with E-state index in [9.17, 15) is 19.7 Å². The van der Waals surface area contributed by atoms with Crippen LogP contribution in [0.2, 0.25) is 0 Å². The lowest BCUT2D eigenvalue weighted by Gasteiger charge is -2.07. The number of aliphatic carboxylic acids is 1. The maximum absolute atomic E-state index is 11.3. The van der Waals surface area contributed by atoms with Crippen LogP contribution in [-0.2, 0) is 9.59 Å². The second-order valence-corrected chi connectivity index (χ2v) is 3.83. The number of carboxylic acid groups (broad SMARTS) is 1.